The van der Waals surface area contributed by atoms with Crippen LogP contribution in [0.4, 0.5) is 5.82 Å². The van der Waals surface area contributed by atoms with Gasteiger partial charge in [-0.2, -0.15) is 0 Å². The van der Waals surface area contributed by atoms with Crippen molar-refractivity contribution in [1.29, 1.82) is 0 Å². The smallest absolute Gasteiger partial charge is 0.251 e. The van der Waals surface area contributed by atoms with Gasteiger partial charge in [0.25, 0.3) is 5.91 Å². The second-order valence-corrected chi connectivity index (χ2v) is 6.62. The summed E-state index contributed by atoms with van der Waals surface area (Å²) in [6.07, 6.45) is 2.26. The SMILES string of the molecule is CCc1cc(C(=O)NCCCS(C)(=O)=O)cc(N)n1. The molecule has 1 aromatic rings. The number of aromatic nitrogens is 1. The zero-order valence-electron chi connectivity index (χ0n) is 11.1. The molecule has 0 saturated carbocycles. The van der Waals surface area contributed by atoms with Crippen LogP contribution in [-0.4, -0.2) is 37.9 Å². The molecule has 6 nitrogen and oxygen atoms in total. The molecular weight excluding hydrogens is 266 g/mol. The van der Waals surface area contributed by atoms with Gasteiger partial charge in [-0.25, -0.2) is 13.4 Å². The molecule has 0 spiro atoms. The van der Waals surface area contributed by atoms with Crippen molar-refractivity contribution in [3.05, 3.63) is 23.4 Å². The minimum atomic E-state index is -2.99. The van der Waals surface area contributed by atoms with Crippen LogP contribution in [0, 0.1) is 0 Å². The van der Waals surface area contributed by atoms with E-state index in [0.717, 1.165) is 5.69 Å². The van der Waals surface area contributed by atoms with E-state index < -0.39 is 9.84 Å². The molecule has 0 aromatic carbocycles. The fourth-order valence-corrected chi connectivity index (χ4v) is 2.23. The number of carbonyl (C=O) groups excluding carboxylic acids is 1. The van der Waals surface area contributed by atoms with Gasteiger partial charge >= 0.3 is 0 Å². The Morgan fingerprint density at radius 2 is 2.11 bits per heavy atom. The molecule has 1 heterocycles. The van der Waals surface area contributed by atoms with Gasteiger partial charge in [0.1, 0.15) is 15.7 Å². The average molecular weight is 285 g/mol. The number of nitrogens with two attached hydrogens (primary N) is 1. The van der Waals surface area contributed by atoms with Gasteiger partial charge in [-0.15, -0.1) is 0 Å². The van der Waals surface area contributed by atoms with Crippen molar-refractivity contribution in [3.8, 4) is 0 Å². The van der Waals surface area contributed by atoms with Crippen LogP contribution in [0.1, 0.15) is 29.4 Å². The molecule has 106 valence electrons. The largest absolute Gasteiger partial charge is 0.384 e. The molecule has 1 rings (SSSR count). The molecule has 0 atom stereocenters. The highest BCUT2D eigenvalue weighted by Crippen LogP contribution is 2.08. The number of anilines is 1. The quantitative estimate of drug-likeness (QED) is 0.736. The highest BCUT2D eigenvalue weighted by Gasteiger charge is 2.08. The number of sulfone groups is 1. The predicted molar refractivity (Wildman–Crippen MR) is 74.7 cm³/mol. The molecule has 1 amide bonds. The number of nitrogens with zero attached hydrogens (tertiary/aromatic N) is 1. The molecule has 0 radical (unpaired) electrons. The summed E-state index contributed by atoms with van der Waals surface area (Å²) in [6, 6.07) is 3.19. The standard InChI is InChI=1S/C12H19N3O3S/c1-3-10-7-9(8-11(13)15-10)12(16)14-5-4-6-19(2,17)18/h7-8H,3-6H2,1-2H3,(H2,13,15)(H,14,16). The van der Waals surface area contributed by atoms with Gasteiger partial charge in [0.15, 0.2) is 0 Å². The van der Waals surface area contributed by atoms with Crippen molar-refractivity contribution >= 4 is 21.6 Å². The molecule has 0 bridgehead atoms. The number of nitrogen functional groups attached to an aromatic ring is 1. The first kappa shape index (κ1) is 15.4. The number of pyridine rings is 1. The molecule has 7 heteroatoms. The lowest BCUT2D eigenvalue weighted by Crippen LogP contribution is -2.26. The van der Waals surface area contributed by atoms with E-state index in [1.807, 2.05) is 6.92 Å². The molecule has 3 N–H and O–H groups in total. The van der Waals surface area contributed by atoms with Crippen LogP contribution in [0.5, 0.6) is 0 Å². The van der Waals surface area contributed by atoms with E-state index in [1.54, 1.807) is 6.07 Å². The van der Waals surface area contributed by atoms with Gasteiger partial charge in [0.05, 0.1) is 5.75 Å². The summed E-state index contributed by atoms with van der Waals surface area (Å²) in [5.41, 5.74) is 6.81. The summed E-state index contributed by atoms with van der Waals surface area (Å²) >= 11 is 0. The number of aryl methyl sites for hydroxylation is 1. The van der Waals surface area contributed by atoms with Crippen molar-refractivity contribution in [1.82, 2.24) is 10.3 Å². The zero-order valence-corrected chi connectivity index (χ0v) is 12.0. The maximum atomic E-state index is 11.8. The van der Waals surface area contributed by atoms with E-state index in [1.165, 1.54) is 12.3 Å². The van der Waals surface area contributed by atoms with Gasteiger partial charge < -0.3 is 11.1 Å². The van der Waals surface area contributed by atoms with Gasteiger partial charge in [-0.1, -0.05) is 6.92 Å². The summed E-state index contributed by atoms with van der Waals surface area (Å²) in [5.74, 6) is 0.101. The lowest BCUT2D eigenvalue weighted by molar-refractivity contribution is 0.0953. The molecular formula is C12H19N3O3S. The second-order valence-electron chi connectivity index (χ2n) is 4.36. The van der Waals surface area contributed by atoms with Crippen LogP contribution in [-0.2, 0) is 16.3 Å². The van der Waals surface area contributed by atoms with Gasteiger partial charge in [0, 0.05) is 24.1 Å². The third-order valence-corrected chi connectivity index (χ3v) is 3.53. The topological polar surface area (TPSA) is 102 Å². The van der Waals surface area contributed by atoms with Crippen LogP contribution in [0.25, 0.3) is 0 Å². The Labute approximate surface area is 113 Å². The summed E-state index contributed by atoms with van der Waals surface area (Å²) in [4.78, 5) is 15.9. The Bertz CT molecular complexity index is 555. The minimum Gasteiger partial charge on any atom is -0.384 e. The third-order valence-electron chi connectivity index (χ3n) is 2.50. The van der Waals surface area contributed by atoms with Crippen molar-refractivity contribution in [2.75, 3.05) is 24.3 Å². The predicted octanol–water partition coefficient (Wildman–Crippen LogP) is 0.391. The number of hydrogen-bond donors (Lipinski definition) is 2. The maximum absolute atomic E-state index is 11.8. The molecule has 0 aliphatic carbocycles. The minimum absolute atomic E-state index is 0.0615. The molecule has 0 aliphatic heterocycles. The number of rotatable bonds is 6. The Balaban J connectivity index is 2.56. The number of hydrogen-bond acceptors (Lipinski definition) is 5. The van der Waals surface area contributed by atoms with Crippen molar-refractivity contribution in [2.24, 2.45) is 0 Å². The fraction of sp³-hybridized carbons (Fsp3) is 0.500. The van der Waals surface area contributed by atoms with E-state index in [2.05, 4.69) is 10.3 Å². The first-order chi connectivity index (χ1) is 8.81. The highest BCUT2D eigenvalue weighted by atomic mass is 32.2. The zero-order chi connectivity index (χ0) is 14.5. The van der Waals surface area contributed by atoms with Crippen molar-refractivity contribution in [2.45, 2.75) is 19.8 Å². The summed E-state index contributed by atoms with van der Waals surface area (Å²) < 4.78 is 21.9. The van der Waals surface area contributed by atoms with Crippen molar-refractivity contribution in [3.63, 3.8) is 0 Å². The van der Waals surface area contributed by atoms with Crippen LogP contribution in [0.2, 0.25) is 0 Å². The fourth-order valence-electron chi connectivity index (χ4n) is 1.56. The Morgan fingerprint density at radius 3 is 2.68 bits per heavy atom. The number of nitrogens with one attached hydrogen (secondary N) is 1. The summed E-state index contributed by atoms with van der Waals surface area (Å²) in [6.45, 7) is 2.24. The van der Waals surface area contributed by atoms with E-state index >= 15 is 0 Å². The van der Waals surface area contributed by atoms with E-state index in [0.29, 0.717) is 30.8 Å². The molecule has 0 saturated heterocycles. The normalized spacial score (nSPS) is 11.3. The van der Waals surface area contributed by atoms with Crippen LogP contribution < -0.4 is 11.1 Å². The van der Waals surface area contributed by atoms with Crippen molar-refractivity contribution < 1.29 is 13.2 Å². The molecule has 0 fully saturated rings. The Hall–Kier alpha value is -1.63. The maximum Gasteiger partial charge on any atom is 0.251 e. The second kappa shape index (κ2) is 6.51. The van der Waals surface area contributed by atoms with E-state index in [4.69, 9.17) is 5.73 Å². The van der Waals surface area contributed by atoms with Crippen LogP contribution in [0.3, 0.4) is 0 Å². The first-order valence-corrected chi connectivity index (χ1v) is 8.10. The van der Waals surface area contributed by atoms with Gasteiger partial charge in [-0.3, -0.25) is 4.79 Å². The lowest BCUT2D eigenvalue weighted by atomic mass is 10.2. The molecule has 0 aliphatic rings. The number of carbonyl (C=O) groups is 1. The molecule has 19 heavy (non-hydrogen) atoms. The Morgan fingerprint density at radius 1 is 1.42 bits per heavy atom. The van der Waals surface area contributed by atoms with Crippen LogP contribution >= 0.6 is 0 Å². The lowest BCUT2D eigenvalue weighted by Gasteiger charge is -2.07. The average Bonchev–Trinajstić information content (AvgIpc) is 2.32. The number of amides is 1. The van der Waals surface area contributed by atoms with E-state index in [-0.39, 0.29) is 11.7 Å². The molecule has 0 unspecified atom stereocenters. The molecule has 1 aromatic heterocycles. The van der Waals surface area contributed by atoms with Gasteiger partial charge in [0.2, 0.25) is 0 Å². The highest BCUT2D eigenvalue weighted by molar-refractivity contribution is 7.90. The van der Waals surface area contributed by atoms with Crippen LogP contribution in [0.15, 0.2) is 12.1 Å². The third kappa shape index (κ3) is 5.69. The Kier molecular flexibility index (Phi) is 5.29. The van der Waals surface area contributed by atoms with E-state index in [9.17, 15) is 13.2 Å². The summed E-state index contributed by atoms with van der Waals surface area (Å²) in [7, 11) is -2.99. The van der Waals surface area contributed by atoms with Gasteiger partial charge in [-0.05, 0) is 25.0 Å². The summed E-state index contributed by atoms with van der Waals surface area (Å²) in [5, 5.41) is 2.66. The first-order valence-electron chi connectivity index (χ1n) is 6.04. The monoisotopic (exact) mass is 285 g/mol.